The van der Waals surface area contributed by atoms with E-state index in [-0.39, 0.29) is 11.9 Å². The van der Waals surface area contributed by atoms with Crippen LogP contribution in [-0.2, 0) is 6.54 Å². The third-order valence-corrected chi connectivity index (χ3v) is 4.28. The summed E-state index contributed by atoms with van der Waals surface area (Å²) in [6, 6.07) is 5.91. The fourth-order valence-corrected chi connectivity index (χ4v) is 3.20. The van der Waals surface area contributed by atoms with Crippen LogP contribution in [0, 0.1) is 0 Å². The third kappa shape index (κ3) is 2.16. The van der Waals surface area contributed by atoms with Gasteiger partial charge in [0.15, 0.2) is 0 Å². The fraction of sp³-hybridized carbons (Fsp3) is 0.312. The number of rotatable bonds is 3. The molecular formula is C16H17N5O. The fourth-order valence-electron chi connectivity index (χ4n) is 3.20. The minimum absolute atomic E-state index is 0.0777. The number of amides is 1. The number of carbonyl (C=O) groups is 1. The van der Waals surface area contributed by atoms with Crippen LogP contribution >= 0.6 is 0 Å². The van der Waals surface area contributed by atoms with Crippen molar-refractivity contribution in [2.45, 2.75) is 25.4 Å². The highest BCUT2D eigenvalue weighted by Crippen LogP contribution is 2.24. The smallest absolute Gasteiger partial charge is 0.256 e. The number of nitrogens with zero attached hydrogens (tertiary/aromatic N) is 4. The Labute approximate surface area is 127 Å². The summed E-state index contributed by atoms with van der Waals surface area (Å²) in [6.07, 6.45) is 9.26. The number of fused-ring (bicyclic) bond motifs is 1. The number of H-pyrrole nitrogens is 1. The molecule has 6 nitrogen and oxygen atoms in total. The van der Waals surface area contributed by atoms with E-state index in [1.54, 1.807) is 18.6 Å². The summed E-state index contributed by atoms with van der Waals surface area (Å²) in [6.45, 7) is 1.55. The van der Waals surface area contributed by atoms with Crippen molar-refractivity contribution in [3.8, 4) is 0 Å². The Balaban J connectivity index is 1.61. The first-order valence-electron chi connectivity index (χ1n) is 7.53. The van der Waals surface area contributed by atoms with Crippen molar-refractivity contribution in [1.29, 1.82) is 0 Å². The second kappa shape index (κ2) is 5.29. The van der Waals surface area contributed by atoms with Crippen LogP contribution in [0.1, 0.15) is 23.2 Å². The first-order chi connectivity index (χ1) is 10.8. The molecule has 0 saturated carbocycles. The lowest BCUT2D eigenvalue weighted by Crippen LogP contribution is -2.38. The average Bonchev–Trinajstić information content (AvgIpc) is 3.27. The summed E-state index contributed by atoms with van der Waals surface area (Å²) in [7, 11) is 0. The van der Waals surface area contributed by atoms with Crippen LogP contribution in [0.5, 0.6) is 0 Å². The molecular weight excluding hydrogens is 278 g/mol. The van der Waals surface area contributed by atoms with E-state index in [4.69, 9.17) is 0 Å². The molecule has 112 valence electrons. The maximum atomic E-state index is 12.9. The lowest BCUT2D eigenvalue weighted by atomic mass is 10.1. The Kier molecular flexibility index (Phi) is 3.14. The highest BCUT2D eigenvalue weighted by molar-refractivity contribution is 6.06. The molecule has 6 heteroatoms. The standard InChI is InChI=1S/C16H17N5O/c22-16(14-10-18-15-13(14)5-1-6-17-15)21-9-2-4-12(21)11-20-8-3-7-19-20/h1,3,5-8,10,12H,2,4,9,11H2,(H,17,18). The number of carbonyl (C=O) groups excluding carboxylic acids is 1. The molecule has 0 aromatic carbocycles. The van der Waals surface area contributed by atoms with Crippen molar-refractivity contribution >= 4 is 16.9 Å². The van der Waals surface area contributed by atoms with Crippen molar-refractivity contribution in [1.82, 2.24) is 24.6 Å². The zero-order valence-electron chi connectivity index (χ0n) is 12.1. The second-order valence-electron chi connectivity index (χ2n) is 5.62. The molecule has 22 heavy (non-hydrogen) atoms. The van der Waals surface area contributed by atoms with E-state index in [1.165, 1.54) is 0 Å². The molecule has 0 radical (unpaired) electrons. The van der Waals surface area contributed by atoms with Gasteiger partial charge in [0.2, 0.25) is 0 Å². The Morgan fingerprint density at radius 2 is 2.32 bits per heavy atom. The highest BCUT2D eigenvalue weighted by atomic mass is 16.2. The molecule has 1 unspecified atom stereocenters. The Hall–Kier alpha value is -2.63. The number of aromatic nitrogens is 4. The topological polar surface area (TPSA) is 66.8 Å². The molecule has 3 aromatic heterocycles. The van der Waals surface area contributed by atoms with Crippen molar-refractivity contribution in [2.75, 3.05) is 6.54 Å². The summed E-state index contributed by atoms with van der Waals surface area (Å²) >= 11 is 0. The summed E-state index contributed by atoms with van der Waals surface area (Å²) in [5.74, 6) is 0.0777. The van der Waals surface area contributed by atoms with E-state index in [9.17, 15) is 4.79 Å². The second-order valence-corrected chi connectivity index (χ2v) is 5.62. The maximum Gasteiger partial charge on any atom is 0.256 e. The molecule has 0 bridgehead atoms. The monoisotopic (exact) mass is 295 g/mol. The quantitative estimate of drug-likeness (QED) is 0.804. The number of pyridine rings is 1. The van der Waals surface area contributed by atoms with Gasteiger partial charge in [0.1, 0.15) is 5.65 Å². The summed E-state index contributed by atoms with van der Waals surface area (Å²) in [5, 5.41) is 5.14. The van der Waals surface area contributed by atoms with Crippen molar-refractivity contribution in [2.24, 2.45) is 0 Å². The normalized spacial score (nSPS) is 18.2. The van der Waals surface area contributed by atoms with Crippen LogP contribution in [0.25, 0.3) is 11.0 Å². The third-order valence-electron chi connectivity index (χ3n) is 4.28. The maximum absolute atomic E-state index is 12.9. The predicted octanol–water partition coefficient (Wildman–Crippen LogP) is 2.06. The Morgan fingerprint density at radius 3 is 3.18 bits per heavy atom. The van der Waals surface area contributed by atoms with E-state index >= 15 is 0 Å². The SMILES string of the molecule is O=C(c1c[nH]c2ncccc12)N1CCCC1Cn1cccn1. The van der Waals surface area contributed by atoms with Gasteiger partial charge in [-0.25, -0.2) is 4.98 Å². The van der Waals surface area contributed by atoms with Crippen LogP contribution in [0.3, 0.4) is 0 Å². The largest absolute Gasteiger partial charge is 0.345 e. The zero-order valence-corrected chi connectivity index (χ0v) is 12.1. The summed E-state index contributed by atoms with van der Waals surface area (Å²) < 4.78 is 1.90. The van der Waals surface area contributed by atoms with Gasteiger partial charge in [0, 0.05) is 36.7 Å². The van der Waals surface area contributed by atoms with Crippen LogP contribution in [0.4, 0.5) is 0 Å². The highest BCUT2D eigenvalue weighted by Gasteiger charge is 2.30. The number of hydrogen-bond acceptors (Lipinski definition) is 3. The van der Waals surface area contributed by atoms with Gasteiger partial charge >= 0.3 is 0 Å². The first-order valence-corrected chi connectivity index (χ1v) is 7.53. The molecule has 4 rings (SSSR count). The number of nitrogens with one attached hydrogen (secondary N) is 1. The lowest BCUT2D eigenvalue weighted by molar-refractivity contribution is 0.0723. The minimum Gasteiger partial charge on any atom is -0.345 e. The molecule has 0 spiro atoms. The zero-order chi connectivity index (χ0) is 14.9. The van der Waals surface area contributed by atoms with Crippen LogP contribution < -0.4 is 0 Å². The van der Waals surface area contributed by atoms with Crippen molar-refractivity contribution < 1.29 is 4.79 Å². The van der Waals surface area contributed by atoms with Crippen LogP contribution in [0.15, 0.2) is 43.0 Å². The molecule has 1 fully saturated rings. The molecule has 1 saturated heterocycles. The molecule has 1 N–H and O–H groups in total. The van der Waals surface area contributed by atoms with Crippen molar-refractivity contribution in [3.63, 3.8) is 0 Å². The molecule has 3 aromatic rings. The minimum atomic E-state index is 0.0777. The van der Waals surface area contributed by atoms with E-state index < -0.39 is 0 Å². The Bertz CT molecular complexity index is 792. The van der Waals surface area contributed by atoms with Crippen molar-refractivity contribution in [3.05, 3.63) is 48.5 Å². The summed E-state index contributed by atoms with van der Waals surface area (Å²) in [4.78, 5) is 22.2. The number of hydrogen-bond donors (Lipinski definition) is 1. The van der Waals surface area contributed by atoms with Gasteiger partial charge in [-0.15, -0.1) is 0 Å². The molecule has 1 amide bonds. The summed E-state index contributed by atoms with van der Waals surface area (Å²) in [5.41, 5.74) is 1.46. The van der Waals surface area contributed by atoms with Gasteiger partial charge in [0.05, 0.1) is 18.2 Å². The van der Waals surface area contributed by atoms with E-state index in [1.807, 2.05) is 34.0 Å². The van der Waals surface area contributed by atoms with Gasteiger partial charge < -0.3 is 9.88 Å². The van der Waals surface area contributed by atoms with E-state index in [2.05, 4.69) is 15.1 Å². The molecule has 1 atom stereocenters. The van der Waals surface area contributed by atoms with Gasteiger partial charge in [-0.3, -0.25) is 9.48 Å². The van der Waals surface area contributed by atoms with Gasteiger partial charge in [-0.2, -0.15) is 5.10 Å². The molecule has 1 aliphatic heterocycles. The predicted molar refractivity (Wildman–Crippen MR) is 82.4 cm³/mol. The van der Waals surface area contributed by atoms with E-state index in [0.717, 1.165) is 37.0 Å². The van der Waals surface area contributed by atoms with Gasteiger partial charge in [-0.05, 0) is 31.0 Å². The molecule has 4 heterocycles. The van der Waals surface area contributed by atoms with Crippen LogP contribution in [0.2, 0.25) is 0 Å². The Morgan fingerprint density at radius 1 is 1.36 bits per heavy atom. The number of likely N-dealkylation sites (tertiary alicyclic amines) is 1. The lowest BCUT2D eigenvalue weighted by Gasteiger charge is -2.24. The molecule has 1 aliphatic rings. The first kappa shape index (κ1) is 13.1. The van der Waals surface area contributed by atoms with Crippen LogP contribution in [-0.4, -0.2) is 43.1 Å². The van der Waals surface area contributed by atoms with Gasteiger partial charge in [0.25, 0.3) is 5.91 Å². The molecule has 0 aliphatic carbocycles. The number of aromatic amines is 1. The van der Waals surface area contributed by atoms with Gasteiger partial charge in [-0.1, -0.05) is 0 Å². The average molecular weight is 295 g/mol. The van der Waals surface area contributed by atoms with E-state index in [0.29, 0.717) is 5.56 Å².